The van der Waals surface area contributed by atoms with Gasteiger partial charge in [-0.25, -0.2) is 9.97 Å². The van der Waals surface area contributed by atoms with Crippen LogP contribution in [0.3, 0.4) is 0 Å². The van der Waals surface area contributed by atoms with E-state index in [0.717, 1.165) is 12.4 Å². The van der Waals surface area contributed by atoms with Crippen molar-refractivity contribution < 1.29 is 0 Å². The minimum atomic E-state index is 0.443. The highest BCUT2D eigenvalue weighted by Crippen LogP contribution is 2.31. The lowest BCUT2D eigenvalue weighted by Crippen LogP contribution is -2.18. The van der Waals surface area contributed by atoms with Gasteiger partial charge < -0.3 is 4.90 Å². The first-order valence-electron chi connectivity index (χ1n) is 7.29. The highest BCUT2D eigenvalue weighted by Gasteiger charge is 2.21. The summed E-state index contributed by atoms with van der Waals surface area (Å²) in [7, 11) is 4.12. The van der Waals surface area contributed by atoms with E-state index in [4.69, 9.17) is 9.97 Å². The van der Waals surface area contributed by atoms with E-state index in [1.807, 2.05) is 0 Å². The van der Waals surface area contributed by atoms with Gasteiger partial charge in [0.15, 0.2) is 0 Å². The minimum absolute atomic E-state index is 0.443. The molecule has 0 N–H and O–H groups in total. The van der Waals surface area contributed by atoms with Gasteiger partial charge in [0.05, 0.1) is 17.9 Å². The maximum Gasteiger partial charge on any atom is 0.142 e. The van der Waals surface area contributed by atoms with Gasteiger partial charge in [-0.3, -0.25) is 0 Å². The second-order valence-electron chi connectivity index (χ2n) is 6.53. The molecule has 0 aliphatic carbocycles. The summed E-state index contributed by atoms with van der Waals surface area (Å²) in [5.74, 6) is 2.31. The van der Waals surface area contributed by atoms with Crippen LogP contribution in [0.1, 0.15) is 82.1 Å². The zero-order valence-corrected chi connectivity index (χ0v) is 13.8. The van der Waals surface area contributed by atoms with Gasteiger partial charge in [0.1, 0.15) is 5.82 Å². The van der Waals surface area contributed by atoms with Crippen LogP contribution < -0.4 is 0 Å². The Morgan fingerprint density at radius 2 is 1.21 bits per heavy atom. The second kappa shape index (κ2) is 6.47. The first-order valence-corrected chi connectivity index (χ1v) is 7.29. The highest BCUT2D eigenvalue weighted by atomic mass is 15.1. The SMILES string of the molecule is CC(C)c1nc(CN(C)C)nc(C(C)C)c1C(C)C. The second-order valence-corrected chi connectivity index (χ2v) is 6.53. The van der Waals surface area contributed by atoms with Crippen molar-refractivity contribution in [1.82, 2.24) is 14.9 Å². The predicted molar refractivity (Wildman–Crippen MR) is 81.7 cm³/mol. The van der Waals surface area contributed by atoms with Gasteiger partial charge in [0, 0.05) is 0 Å². The molecule has 0 radical (unpaired) electrons. The maximum atomic E-state index is 4.82. The summed E-state index contributed by atoms with van der Waals surface area (Å²) in [5.41, 5.74) is 3.81. The van der Waals surface area contributed by atoms with Crippen LogP contribution in [0.15, 0.2) is 0 Å². The summed E-state index contributed by atoms with van der Waals surface area (Å²) in [6.45, 7) is 14.2. The van der Waals surface area contributed by atoms with Gasteiger partial charge >= 0.3 is 0 Å². The standard InChI is InChI=1S/C16H29N3/c1-10(2)14-15(11(3)4)17-13(9-19(7)8)18-16(14)12(5)6/h10-12H,9H2,1-8H3. The third-order valence-electron chi connectivity index (χ3n) is 3.18. The van der Waals surface area contributed by atoms with Crippen LogP contribution in [0.4, 0.5) is 0 Å². The first-order chi connectivity index (χ1) is 8.73. The van der Waals surface area contributed by atoms with Crippen molar-refractivity contribution >= 4 is 0 Å². The normalized spacial score (nSPS) is 12.2. The fourth-order valence-corrected chi connectivity index (χ4v) is 2.38. The summed E-state index contributed by atoms with van der Waals surface area (Å²) in [5, 5.41) is 0. The van der Waals surface area contributed by atoms with E-state index in [2.05, 4.69) is 60.5 Å². The largest absolute Gasteiger partial charge is 0.302 e. The van der Waals surface area contributed by atoms with Crippen molar-refractivity contribution in [3.63, 3.8) is 0 Å². The average Bonchev–Trinajstić information content (AvgIpc) is 2.26. The minimum Gasteiger partial charge on any atom is -0.302 e. The average molecular weight is 263 g/mol. The number of nitrogens with zero attached hydrogens (tertiary/aromatic N) is 3. The molecule has 19 heavy (non-hydrogen) atoms. The number of rotatable bonds is 5. The Morgan fingerprint density at radius 3 is 1.47 bits per heavy atom. The third kappa shape index (κ3) is 4.00. The first kappa shape index (κ1) is 16.1. The lowest BCUT2D eigenvalue weighted by atomic mass is 9.90. The number of aromatic nitrogens is 2. The molecule has 0 aromatic carbocycles. The van der Waals surface area contributed by atoms with Crippen LogP contribution in [-0.2, 0) is 6.54 Å². The fourth-order valence-electron chi connectivity index (χ4n) is 2.38. The van der Waals surface area contributed by atoms with Crippen molar-refractivity contribution in [3.8, 4) is 0 Å². The molecule has 1 aromatic rings. The van der Waals surface area contributed by atoms with Crippen LogP contribution in [0.2, 0.25) is 0 Å². The van der Waals surface area contributed by atoms with E-state index in [1.165, 1.54) is 17.0 Å². The van der Waals surface area contributed by atoms with Gasteiger partial charge in [0.2, 0.25) is 0 Å². The molecule has 108 valence electrons. The van der Waals surface area contributed by atoms with Crippen molar-refractivity contribution in [2.45, 2.75) is 65.8 Å². The molecular weight excluding hydrogens is 234 g/mol. The van der Waals surface area contributed by atoms with Gasteiger partial charge in [0.25, 0.3) is 0 Å². The van der Waals surface area contributed by atoms with Crippen molar-refractivity contribution in [2.75, 3.05) is 14.1 Å². The van der Waals surface area contributed by atoms with Crippen molar-refractivity contribution in [3.05, 3.63) is 22.8 Å². The zero-order chi connectivity index (χ0) is 14.7. The molecule has 0 aliphatic rings. The summed E-state index contributed by atoms with van der Waals surface area (Å²) >= 11 is 0. The van der Waals surface area contributed by atoms with Crippen LogP contribution in [-0.4, -0.2) is 29.0 Å². The van der Waals surface area contributed by atoms with Crippen molar-refractivity contribution in [1.29, 1.82) is 0 Å². The molecule has 0 saturated carbocycles. The molecule has 0 spiro atoms. The third-order valence-corrected chi connectivity index (χ3v) is 3.18. The van der Waals surface area contributed by atoms with E-state index in [1.54, 1.807) is 0 Å². The van der Waals surface area contributed by atoms with E-state index in [9.17, 15) is 0 Å². The van der Waals surface area contributed by atoms with Gasteiger partial charge in [-0.1, -0.05) is 41.5 Å². The number of hydrogen-bond donors (Lipinski definition) is 0. The molecule has 1 heterocycles. The molecule has 3 heteroatoms. The van der Waals surface area contributed by atoms with E-state index in [-0.39, 0.29) is 0 Å². The topological polar surface area (TPSA) is 29.0 Å². The molecule has 3 nitrogen and oxygen atoms in total. The zero-order valence-electron chi connectivity index (χ0n) is 13.8. The van der Waals surface area contributed by atoms with Crippen LogP contribution in [0.25, 0.3) is 0 Å². The Kier molecular flexibility index (Phi) is 5.48. The van der Waals surface area contributed by atoms with E-state index in [0.29, 0.717) is 17.8 Å². The van der Waals surface area contributed by atoms with E-state index >= 15 is 0 Å². The maximum absolute atomic E-state index is 4.82. The Hall–Kier alpha value is -0.960. The molecular formula is C16H29N3. The highest BCUT2D eigenvalue weighted by molar-refractivity contribution is 5.33. The lowest BCUT2D eigenvalue weighted by molar-refractivity contribution is 0.387. The Balaban J connectivity index is 3.44. The van der Waals surface area contributed by atoms with Crippen LogP contribution in [0.5, 0.6) is 0 Å². The molecule has 0 aliphatic heterocycles. The molecule has 0 amide bonds. The summed E-state index contributed by atoms with van der Waals surface area (Å²) < 4.78 is 0. The molecule has 1 rings (SSSR count). The van der Waals surface area contributed by atoms with Crippen LogP contribution >= 0.6 is 0 Å². The Morgan fingerprint density at radius 1 is 0.789 bits per heavy atom. The Labute approximate surface area is 118 Å². The molecule has 0 unspecified atom stereocenters. The van der Waals surface area contributed by atoms with Crippen molar-refractivity contribution in [2.24, 2.45) is 0 Å². The number of hydrogen-bond acceptors (Lipinski definition) is 3. The molecule has 0 fully saturated rings. The molecule has 0 atom stereocenters. The smallest absolute Gasteiger partial charge is 0.142 e. The Bertz CT molecular complexity index is 391. The quantitative estimate of drug-likeness (QED) is 0.806. The fraction of sp³-hybridized carbons (Fsp3) is 0.750. The molecule has 0 bridgehead atoms. The van der Waals surface area contributed by atoms with E-state index < -0.39 is 0 Å². The lowest BCUT2D eigenvalue weighted by Gasteiger charge is -2.22. The van der Waals surface area contributed by atoms with Gasteiger partial charge in [-0.15, -0.1) is 0 Å². The summed E-state index contributed by atoms with van der Waals surface area (Å²) in [6.07, 6.45) is 0. The van der Waals surface area contributed by atoms with Gasteiger partial charge in [-0.2, -0.15) is 0 Å². The molecule has 0 saturated heterocycles. The summed E-state index contributed by atoms with van der Waals surface area (Å²) in [6, 6.07) is 0. The summed E-state index contributed by atoms with van der Waals surface area (Å²) in [4.78, 5) is 11.8. The predicted octanol–water partition coefficient (Wildman–Crippen LogP) is 3.91. The van der Waals surface area contributed by atoms with Gasteiger partial charge in [-0.05, 0) is 37.4 Å². The van der Waals surface area contributed by atoms with Crippen LogP contribution in [0, 0.1) is 0 Å². The molecule has 1 aromatic heterocycles. The monoisotopic (exact) mass is 263 g/mol.